The van der Waals surface area contributed by atoms with Gasteiger partial charge in [0.2, 0.25) is 0 Å². The van der Waals surface area contributed by atoms with E-state index in [1.165, 1.54) is 0 Å². The number of rotatable bonds is 2. The second-order valence-electron chi connectivity index (χ2n) is 3.24. The molecule has 1 rings (SSSR count). The number of halogens is 1. The fourth-order valence-electron chi connectivity index (χ4n) is 1.31. The molecular weight excluding hydrogens is 186 g/mol. The molecule has 0 heterocycles. The normalized spacial score (nSPS) is 15.5. The molecule has 0 amide bonds. The van der Waals surface area contributed by atoms with Crippen molar-refractivity contribution < 1.29 is 5.11 Å². The van der Waals surface area contributed by atoms with E-state index >= 15 is 0 Å². The van der Waals surface area contributed by atoms with Crippen molar-refractivity contribution in [3.63, 3.8) is 0 Å². The summed E-state index contributed by atoms with van der Waals surface area (Å²) in [7, 11) is 0. The second kappa shape index (κ2) is 4.09. The molecule has 0 aromatic heterocycles. The lowest BCUT2D eigenvalue weighted by atomic mass is 9.98. The molecule has 3 heteroatoms. The first-order chi connectivity index (χ1) is 6.04. The summed E-state index contributed by atoms with van der Waals surface area (Å²) >= 11 is 5.98. The smallest absolute Gasteiger partial charge is 0.0705 e. The Morgan fingerprint density at radius 2 is 2.08 bits per heavy atom. The standard InChI is InChI=1S/C10H14ClNO/c1-6-4-3-5-8(11)9(6)10(12)7(2)13/h3-5,7,10,13H,12H2,1-2H3/t7-,10+/m1/s1. The van der Waals surface area contributed by atoms with Crippen LogP contribution in [0, 0.1) is 6.92 Å². The lowest BCUT2D eigenvalue weighted by Crippen LogP contribution is -2.24. The molecule has 0 fully saturated rings. The number of nitrogens with two attached hydrogens (primary N) is 1. The van der Waals surface area contributed by atoms with Gasteiger partial charge in [0.1, 0.15) is 0 Å². The van der Waals surface area contributed by atoms with Gasteiger partial charge in [-0.05, 0) is 31.0 Å². The van der Waals surface area contributed by atoms with Crippen LogP contribution in [0.2, 0.25) is 5.02 Å². The summed E-state index contributed by atoms with van der Waals surface area (Å²) in [5, 5.41) is 9.96. The van der Waals surface area contributed by atoms with Crippen LogP contribution in [0.15, 0.2) is 18.2 Å². The highest BCUT2D eigenvalue weighted by atomic mass is 35.5. The van der Waals surface area contributed by atoms with Gasteiger partial charge in [0.05, 0.1) is 12.1 Å². The molecule has 1 aromatic rings. The highest BCUT2D eigenvalue weighted by Crippen LogP contribution is 2.26. The van der Waals surface area contributed by atoms with Crippen LogP contribution in [-0.2, 0) is 0 Å². The molecule has 0 saturated carbocycles. The minimum Gasteiger partial charge on any atom is -0.391 e. The minimum atomic E-state index is -0.585. The van der Waals surface area contributed by atoms with Gasteiger partial charge in [0, 0.05) is 5.02 Å². The lowest BCUT2D eigenvalue weighted by Gasteiger charge is -2.18. The van der Waals surface area contributed by atoms with Gasteiger partial charge < -0.3 is 10.8 Å². The summed E-state index contributed by atoms with van der Waals surface area (Å²) in [6, 6.07) is 5.18. The molecule has 0 aliphatic carbocycles. The SMILES string of the molecule is Cc1cccc(Cl)c1[C@@H](N)[C@@H](C)O. The Labute approximate surface area is 83.3 Å². The predicted molar refractivity (Wildman–Crippen MR) is 54.8 cm³/mol. The van der Waals surface area contributed by atoms with Crippen molar-refractivity contribution in [1.29, 1.82) is 0 Å². The van der Waals surface area contributed by atoms with Crippen molar-refractivity contribution in [3.05, 3.63) is 34.3 Å². The van der Waals surface area contributed by atoms with Crippen molar-refractivity contribution >= 4 is 11.6 Å². The van der Waals surface area contributed by atoms with Crippen molar-refractivity contribution in [1.82, 2.24) is 0 Å². The Morgan fingerprint density at radius 3 is 2.54 bits per heavy atom. The topological polar surface area (TPSA) is 46.2 Å². The van der Waals surface area contributed by atoms with Crippen molar-refractivity contribution in [2.24, 2.45) is 5.73 Å². The summed E-state index contributed by atoms with van der Waals surface area (Å²) in [4.78, 5) is 0. The van der Waals surface area contributed by atoms with E-state index in [-0.39, 0.29) is 0 Å². The average Bonchev–Trinajstić information content (AvgIpc) is 2.03. The van der Waals surface area contributed by atoms with Gasteiger partial charge in [-0.2, -0.15) is 0 Å². The summed E-state index contributed by atoms with van der Waals surface area (Å²) in [6.07, 6.45) is -0.585. The molecule has 1 aromatic carbocycles. The number of aliphatic hydroxyl groups is 1. The van der Waals surface area contributed by atoms with Crippen molar-refractivity contribution in [2.75, 3.05) is 0 Å². The Morgan fingerprint density at radius 1 is 1.46 bits per heavy atom. The zero-order chi connectivity index (χ0) is 10.0. The fraction of sp³-hybridized carbons (Fsp3) is 0.400. The zero-order valence-electron chi connectivity index (χ0n) is 7.79. The average molecular weight is 200 g/mol. The minimum absolute atomic E-state index is 0.409. The van der Waals surface area contributed by atoms with Crippen LogP contribution in [-0.4, -0.2) is 11.2 Å². The maximum atomic E-state index is 9.34. The maximum absolute atomic E-state index is 9.34. The van der Waals surface area contributed by atoms with Gasteiger partial charge in [-0.15, -0.1) is 0 Å². The first kappa shape index (κ1) is 10.5. The molecule has 0 aliphatic rings. The predicted octanol–water partition coefficient (Wildman–Crippen LogP) is 2.03. The number of benzene rings is 1. The molecule has 13 heavy (non-hydrogen) atoms. The number of aliphatic hydroxyl groups excluding tert-OH is 1. The highest BCUT2D eigenvalue weighted by Gasteiger charge is 2.16. The first-order valence-electron chi connectivity index (χ1n) is 4.22. The summed E-state index contributed by atoms with van der Waals surface area (Å²) < 4.78 is 0. The van der Waals surface area contributed by atoms with E-state index in [1.54, 1.807) is 13.0 Å². The van der Waals surface area contributed by atoms with E-state index < -0.39 is 12.1 Å². The van der Waals surface area contributed by atoms with Gasteiger partial charge in [0.15, 0.2) is 0 Å². The van der Waals surface area contributed by atoms with E-state index in [1.807, 2.05) is 19.1 Å². The Kier molecular flexibility index (Phi) is 3.31. The second-order valence-corrected chi connectivity index (χ2v) is 3.64. The van der Waals surface area contributed by atoms with Gasteiger partial charge in [-0.1, -0.05) is 23.7 Å². The molecule has 2 nitrogen and oxygen atoms in total. The number of hydrogen-bond donors (Lipinski definition) is 2. The van der Waals surface area contributed by atoms with Crippen LogP contribution in [0.25, 0.3) is 0 Å². The quantitative estimate of drug-likeness (QED) is 0.766. The largest absolute Gasteiger partial charge is 0.391 e. The molecular formula is C10H14ClNO. The molecule has 0 saturated heterocycles. The summed E-state index contributed by atoms with van der Waals surface area (Å²) in [5.74, 6) is 0. The lowest BCUT2D eigenvalue weighted by molar-refractivity contribution is 0.164. The zero-order valence-corrected chi connectivity index (χ0v) is 8.55. The van der Waals surface area contributed by atoms with E-state index in [0.717, 1.165) is 11.1 Å². The van der Waals surface area contributed by atoms with E-state index in [0.29, 0.717) is 5.02 Å². The Balaban J connectivity index is 3.12. The van der Waals surface area contributed by atoms with Gasteiger partial charge >= 0.3 is 0 Å². The third kappa shape index (κ3) is 2.21. The Bertz CT molecular complexity index is 279. The monoisotopic (exact) mass is 199 g/mol. The maximum Gasteiger partial charge on any atom is 0.0705 e. The molecule has 2 atom stereocenters. The number of aryl methyl sites for hydroxylation is 1. The van der Waals surface area contributed by atoms with Gasteiger partial charge in [-0.25, -0.2) is 0 Å². The van der Waals surface area contributed by atoms with E-state index in [2.05, 4.69) is 0 Å². The third-order valence-electron chi connectivity index (χ3n) is 2.12. The van der Waals surface area contributed by atoms with Crippen LogP contribution in [0.1, 0.15) is 24.1 Å². The van der Waals surface area contributed by atoms with Crippen LogP contribution < -0.4 is 5.73 Å². The molecule has 0 aliphatic heterocycles. The van der Waals surface area contributed by atoms with E-state index in [9.17, 15) is 5.11 Å². The van der Waals surface area contributed by atoms with Crippen LogP contribution in [0.4, 0.5) is 0 Å². The number of hydrogen-bond acceptors (Lipinski definition) is 2. The summed E-state index contributed by atoms with van der Waals surface area (Å²) in [6.45, 7) is 3.59. The van der Waals surface area contributed by atoms with E-state index in [4.69, 9.17) is 17.3 Å². The Hall–Kier alpha value is -0.570. The van der Waals surface area contributed by atoms with Crippen LogP contribution in [0.3, 0.4) is 0 Å². The first-order valence-corrected chi connectivity index (χ1v) is 4.60. The van der Waals surface area contributed by atoms with Gasteiger partial charge in [-0.3, -0.25) is 0 Å². The van der Waals surface area contributed by atoms with Crippen LogP contribution in [0.5, 0.6) is 0 Å². The molecule has 0 radical (unpaired) electrons. The van der Waals surface area contributed by atoms with Crippen LogP contribution >= 0.6 is 11.6 Å². The summed E-state index contributed by atoms with van der Waals surface area (Å²) in [5.41, 5.74) is 7.65. The van der Waals surface area contributed by atoms with Crippen molar-refractivity contribution in [3.8, 4) is 0 Å². The third-order valence-corrected chi connectivity index (χ3v) is 2.45. The van der Waals surface area contributed by atoms with Gasteiger partial charge in [0.25, 0.3) is 0 Å². The molecule has 0 unspecified atom stereocenters. The van der Waals surface area contributed by atoms with Crippen molar-refractivity contribution in [2.45, 2.75) is 26.0 Å². The molecule has 0 spiro atoms. The fourth-order valence-corrected chi connectivity index (χ4v) is 1.66. The highest BCUT2D eigenvalue weighted by molar-refractivity contribution is 6.31. The molecule has 3 N–H and O–H groups in total. The molecule has 0 bridgehead atoms. The molecule has 72 valence electrons.